The number of hydrogen-bond donors (Lipinski definition) is 0. The Morgan fingerprint density at radius 2 is 1.79 bits per heavy atom. The van der Waals surface area contributed by atoms with Crippen LogP contribution in [0.15, 0.2) is 82.7 Å². The Morgan fingerprint density at radius 1 is 1.03 bits per heavy atom. The van der Waals surface area contributed by atoms with Crippen molar-refractivity contribution in [1.29, 1.82) is 0 Å². The minimum absolute atomic E-state index is 0.120. The fraction of sp³-hybridized carbons (Fsp3) is 0.154. The average molecular weight is 463 g/mol. The quantitative estimate of drug-likeness (QED) is 0.402. The van der Waals surface area contributed by atoms with Crippen molar-refractivity contribution in [2.24, 2.45) is 4.99 Å². The number of methoxy groups -OCH3 is 1. The first kappa shape index (κ1) is 22.6. The van der Waals surface area contributed by atoms with E-state index in [1.807, 2.05) is 61.5 Å². The molecule has 0 spiro atoms. The molecule has 1 fully saturated rings. The highest BCUT2D eigenvalue weighted by Crippen LogP contribution is 2.36. The van der Waals surface area contributed by atoms with E-state index >= 15 is 0 Å². The molecule has 3 aromatic rings. The van der Waals surface area contributed by atoms with Crippen LogP contribution in [0.25, 0.3) is 6.08 Å². The van der Waals surface area contributed by atoms with Crippen molar-refractivity contribution in [2.45, 2.75) is 13.5 Å². The number of thioether (sulfide) groups is 1. The van der Waals surface area contributed by atoms with E-state index in [9.17, 15) is 9.18 Å². The minimum atomic E-state index is -0.327. The maximum atomic E-state index is 13.2. The van der Waals surface area contributed by atoms with Crippen LogP contribution >= 0.6 is 11.8 Å². The first-order chi connectivity index (χ1) is 16.1. The summed E-state index contributed by atoms with van der Waals surface area (Å²) in [5, 5.41) is 0.564. The Kier molecular flexibility index (Phi) is 7.10. The van der Waals surface area contributed by atoms with E-state index < -0.39 is 0 Å². The van der Waals surface area contributed by atoms with Crippen molar-refractivity contribution >= 4 is 34.6 Å². The molecule has 5 nitrogen and oxygen atoms in total. The number of likely N-dealkylation sites (N-methyl/N-ethyl adjacent to an activating group) is 1. The van der Waals surface area contributed by atoms with Gasteiger partial charge in [0.25, 0.3) is 5.91 Å². The third-order valence-electron chi connectivity index (χ3n) is 4.98. The number of aliphatic imine (C=N–C) groups is 1. The topological polar surface area (TPSA) is 51.1 Å². The molecule has 0 aromatic heterocycles. The fourth-order valence-electron chi connectivity index (χ4n) is 3.28. The van der Waals surface area contributed by atoms with Gasteiger partial charge in [-0.25, -0.2) is 9.38 Å². The molecular weight excluding hydrogens is 439 g/mol. The number of rotatable bonds is 7. The maximum absolute atomic E-state index is 13.2. The molecule has 1 aliphatic heterocycles. The highest BCUT2D eigenvalue weighted by Gasteiger charge is 2.32. The summed E-state index contributed by atoms with van der Waals surface area (Å²) in [5.41, 5.74) is 2.45. The molecule has 7 heteroatoms. The highest BCUT2D eigenvalue weighted by atomic mass is 32.2. The Balaban J connectivity index is 1.58. The third-order valence-corrected chi connectivity index (χ3v) is 5.98. The molecular formula is C26H23FN2O3S. The van der Waals surface area contributed by atoms with Crippen molar-refractivity contribution in [2.75, 3.05) is 13.7 Å². The van der Waals surface area contributed by atoms with Crippen LogP contribution in [0.1, 0.15) is 18.1 Å². The number of carbonyl (C=O) groups excluding carboxylic acids is 1. The van der Waals surface area contributed by atoms with E-state index in [0.717, 1.165) is 11.1 Å². The largest absolute Gasteiger partial charge is 0.493 e. The summed E-state index contributed by atoms with van der Waals surface area (Å²) >= 11 is 1.29. The number of hydrogen-bond acceptors (Lipinski definition) is 5. The van der Waals surface area contributed by atoms with Crippen molar-refractivity contribution < 1.29 is 18.7 Å². The summed E-state index contributed by atoms with van der Waals surface area (Å²) in [6.45, 7) is 2.78. The smallest absolute Gasteiger partial charge is 0.266 e. The number of amidine groups is 1. The summed E-state index contributed by atoms with van der Waals surface area (Å²) < 4.78 is 24.6. The van der Waals surface area contributed by atoms with Gasteiger partial charge in [0.2, 0.25) is 0 Å². The van der Waals surface area contributed by atoms with Gasteiger partial charge < -0.3 is 9.47 Å². The summed E-state index contributed by atoms with van der Waals surface area (Å²) in [6.07, 6.45) is 1.82. The second-order valence-corrected chi connectivity index (χ2v) is 8.22. The van der Waals surface area contributed by atoms with Gasteiger partial charge in [0.1, 0.15) is 12.4 Å². The number of ether oxygens (including phenoxy) is 2. The van der Waals surface area contributed by atoms with Crippen LogP contribution in [0.4, 0.5) is 10.1 Å². The van der Waals surface area contributed by atoms with E-state index in [4.69, 9.17) is 9.47 Å². The molecule has 1 heterocycles. The number of benzene rings is 3. The van der Waals surface area contributed by atoms with Crippen LogP contribution in [0, 0.1) is 5.82 Å². The number of nitrogens with zero attached hydrogens (tertiary/aromatic N) is 2. The van der Waals surface area contributed by atoms with Gasteiger partial charge in [0.15, 0.2) is 16.7 Å². The molecule has 0 bridgehead atoms. The van der Waals surface area contributed by atoms with Crippen molar-refractivity contribution in [3.05, 3.63) is 94.6 Å². The van der Waals surface area contributed by atoms with E-state index in [1.54, 1.807) is 24.1 Å². The lowest BCUT2D eigenvalue weighted by Crippen LogP contribution is -2.28. The van der Waals surface area contributed by atoms with Gasteiger partial charge in [-0.05, 0) is 72.3 Å². The molecule has 0 atom stereocenters. The summed E-state index contributed by atoms with van der Waals surface area (Å²) in [5.74, 6) is 0.767. The molecule has 1 aliphatic rings. The zero-order valence-corrected chi connectivity index (χ0v) is 19.1. The van der Waals surface area contributed by atoms with E-state index in [2.05, 4.69) is 4.99 Å². The number of amides is 1. The van der Waals surface area contributed by atoms with E-state index in [0.29, 0.717) is 40.4 Å². The van der Waals surface area contributed by atoms with Crippen LogP contribution in [0.2, 0.25) is 0 Å². The van der Waals surface area contributed by atoms with Gasteiger partial charge in [0.05, 0.1) is 17.7 Å². The lowest BCUT2D eigenvalue weighted by molar-refractivity contribution is -0.122. The van der Waals surface area contributed by atoms with Gasteiger partial charge in [-0.15, -0.1) is 0 Å². The van der Waals surface area contributed by atoms with Gasteiger partial charge >= 0.3 is 0 Å². The van der Waals surface area contributed by atoms with Gasteiger partial charge in [0, 0.05) is 6.54 Å². The Hall–Kier alpha value is -3.58. The van der Waals surface area contributed by atoms with Crippen molar-refractivity contribution in [1.82, 2.24) is 4.90 Å². The zero-order valence-electron chi connectivity index (χ0n) is 18.3. The second-order valence-electron chi connectivity index (χ2n) is 7.22. The van der Waals surface area contributed by atoms with Crippen LogP contribution in [-0.4, -0.2) is 29.6 Å². The van der Waals surface area contributed by atoms with Crippen LogP contribution in [0.3, 0.4) is 0 Å². The molecule has 1 saturated heterocycles. The van der Waals surface area contributed by atoms with Crippen LogP contribution in [-0.2, 0) is 11.4 Å². The van der Waals surface area contributed by atoms with E-state index in [1.165, 1.54) is 23.9 Å². The monoisotopic (exact) mass is 462 g/mol. The molecule has 0 N–H and O–H groups in total. The molecule has 0 saturated carbocycles. The molecule has 0 aliphatic carbocycles. The maximum Gasteiger partial charge on any atom is 0.266 e. The summed E-state index contributed by atoms with van der Waals surface area (Å²) in [7, 11) is 1.59. The molecule has 4 rings (SSSR count). The highest BCUT2D eigenvalue weighted by molar-refractivity contribution is 8.18. The Bertz CT molecular complexity index is 1190. The normalized spacial score (nSPS) is 16.0. The Labute approximate surface area is 196 Å². The van der Waals surface area contributed by atoms with Gasteiger partial charge in [-0.2, -0.15) is 0 Å². The average Bonchev–Trinajstić information content (AvgIpc) is 3.13. The molecule has 33 heavy (non-hydrogen) atoms. The van der Waals surface area contributed by atoms with Crippen molar-refractivity contribution in [3.8, 4) is 11.5 Å². The minimum Gasteiger partial charge on any atom is -0.493 e. The predicted molar refractivity (Wildman–Crippen MR) is 130 cm³/mol. The molecule has 0 unspecified atom stereocenters. The standard InChI is InChI=1S/C26H23FN2O3S/c1-3-29-25(30)24(33-26(29)28-21-12-10-20(27)11-13-21)16-19-9-14-22(31-2)23(15-19)32-17-18-7-5-4-6-8-18/h4-16H,3,17H2,1-2H3/b24-16+,28-26?. The fourth-order valence-corrected chi connectivity index (χ4v) is 4.34. The van der Waals surface area contributed by atoms with E-state index in [-0.39, 0.29) is 11.7 Å². The molecule has 1 amide bonds. The van der Waals surface area contributed by atoms with Gasteiger partial charge in [-0.1, -0.05) is 36.4 Å². The summed E-state index contributed by atoms with van der Waals surface area (Å²) in [6, 6.07) is 21.3. The van der Waals surface area contributed by atoms with Gasteiger partial charge in [-0.3, -0.25) is 9.69 Å². The zero-order chi connectivity index (χ0) is 23.2. The first-order valence-electron chi connectivity index (χ1n) is 10.5. The van der Waals surface area contributed by atoms with Crippen molar-refractivity contribution in [3.63, 3.8) is 0 Å². The number of halogens is 1. The van der Waals surface area contributed by atoms with Crippen LogP contribution < -0.4 is 9.47 Å². The predicted octanol–water partition coefficient (Wildman–Crippen LogP) is 6.04. The SMILES string of the molecule is CCN1C(=O)/C(=C\c2ccc(OC)c(OCc3ccccc3)c2)SC1=Nc1ccc(F)cc1. The second kappa shape index (κ2) is 10.4. The molecule has 0 radical (unpaired) electrons. The first-order valence-corrected chi connectivity index (χ1v) is 11.3. The van der Waals surface area contributed by atoms with Crippen LogP contribution in [0.5, 0.6) is 11.5 Å². The molecule has 3 aromatic carbocycles. The lowest BCUT2D eigenvalue weighted by Gasteiger charge is -2.12. The Morgan fingerprint density at radius 3 is 2.48 bits per heavy atom. The number of carbonyl (C=O) groups is 1. The lowest BCUT2D eigenvalue weighted by atomic mass is 10.1. The molecule has 168 valence electrons. The summed E-state index contributed by atoms with van der Waals surface area (Å²) in [4.78, 5) is 19.6. The third kappa shape index (κ3) is 5.43.